The van der Waals surface area contributed by atoms with Crippen LogP contribution in [0.2, 0.25) is 5.02 Å². The molecule has 0 aliphatic carbocycles. The number of ether oxygens (including phenoxy) is 1. The average molecular weight is 319 g/mol. The summed E-state index contributed by atoms with van der Waals surface area (Å²) in [5.74, 6) is 1.35. The minimum Gasteiger partial charge on any atom is -0.488 e. The van der Waals surface area contributed by atoms with Gasteiger partial charge in [0.05, 0.1) is 12.1 Å². The zero-order chi connectivity index (χ0) is 15.7. The van der Waals surface area contributed by atoms with Crippen LogP contribution in [0.15, 0.2) is 34.4 Å². The molecule has 3 rings (SSSR count). The number of carbonyl (C=O) groups excluding carboxylic acids is 1. The summed E-state index contributed by atoms with van der Waals surface area (Å²) >= 11 is 5.98. The molecule has 1 aliphatic heterocycles. The van der Waals surface area contributed by atoms with E-state index in [2.05, 4.69) is 5.16 Å². The molecule has 0 saturated carbocycles. The molecule has 0 unspecified atom stereocenters. The first-order valence-corrected chi connectivity index (χ1v) is 7.21. The molecule has 2 heterocycles. The molecule has 1 amide bonds. The number of benzene rings is 1. The van der Waals surface area contributed by atoms with Gasteiger partial charge in [0.25, 0.3) is 5.91 Å². The highest BCUT2D eigenvalue weighted by Gasteiger charge is 2.21. The van der Waals surface area contributed by atoms with Gasteiger partial charge in [-0.1, -0.05) is 16.8 Å². The zero-order valence-electron chi connectivity index (χ0n) is 12.3. The van der Waals surface area contributed by atoms with Gasteiger partial charge < -0.3 is 14.2 Å². The van der Waals surface area contributed by atoms with Gasteiger partial charge >= 0.3 is 0 Å². The third-order valence-corrected chi connectivity index (χ3v) is 3.62. The zero-order valence-corrected chi connectivity index (χ0v) is 13.1. The van der Waals surface area contributed by atoms with Crippen molar-refractivity contribution in [3.63, 3.8) is 0 Å². The maximum absolute atomic E-state index is 12.5. The Labute approximate surface area is 133 Å². The van der Waals surface area contributed by atoms with Crippen molar-refractivity contribution in [2.75, 3.05) is 13.7 Å². The average Bonchev–Trinajstić information content (AvgIpc) is 2.90. The smallest absolute Gasteiger partial charge is 0.253 e. The summed E-state index contributed by atoms with van der Waals surface area (Å²) in [6.45, 7) is 2.45. The van der Waals surface area contributed by atoms with Crippen molar-refractivity contribution in [3.8, 4) is 5.75 Å². The summed E-state index contributed by atoms with van der Waals surface area (Å²) in [4.78, 5) is 14.1. The summed E-state index contributed by atoms with van der Waals surface area (Å²) in [5.41, 5.74) is 2.11. The second-order valence-corrected chi connectivity index (χ2v) is 5.67. The molecule has 0 spiro atoms. The molecule has 0 bridgehead atoms. The van der Waals surface area contributed by atoms with Crippen molar-refractivity contribution >= 4 is 23.6 Å². The number of hydrogen-bond acceptors (Lipinski definition) is 4. The van der Waals surface area contributed by atoms with Crippen LogP contribution in [0.25, 0.3) is 6.08 Å². The van der Waals surface area contributed by atoms with Crippen LogP contribution in [0.3, 0.4) is 0 Å². The molecule has 5 nitrogen and oxygen atoms in total. The Hall–Kier alpha value is -2.27. The molecule has 6 heteroatoms. The number of nitrogens with zero attached hydrogens (tertiary/aromatic N) is 2. The molecule has 1 aromatic carbocycles. The number of hydrogen-bond donors (Lipinski definition) is 0. The predicted octanol–water partition coefficient (Wildman–Crippen LogP) is 3.07. The lowest BCUT2D eigenvalue weighted by atomic mass is 10.1. The number of amides is 1. The largest absolute Gasteiger partial charge is 0.488 e. The molecule has 0 saturated heterocycles. The third-order valence-electron chi connectivity index (χ3n) is 3.38. The second kappa shape index (κ2) is 5.85. The Morgan fingerprint density at radius 3 is 2.95 bits per heavy atom. The van der Waals surface area contributed by atoms with Crippen molar-refractivity contribution in [3.05, 3.63) is 51.9 Å². The van der Waals surface area contributed by atoms with E-state index in [1.807, 2.05) is 19.1 Å². The fourth-order valence-corrected chi connectivity index (χ4v) is 2.50. The van der Waals surface area contributed by atoms with E-state index in [0.717, 1.165) is 17.1 Å². The first kappa shape index (κ1) is 14.7. The summed E-state index contributed by atoms with van der Waals surface area (Å²) in [5, 5.41) is 4.50. The maximum Gasteiger partial charge on any atom is 0.253 e. The number of fused-ring (bicyclic) bond motifs is 1. The van der Waals surface area contributed by atoms with Gasteiger partial charge in [0.2, 0.25) is 0 Å². The van der Waals surface area contributed by atoms with Crippen LogP contribution in [0.5, 0.6) is 5.75 Å². The first-order chi connectivity index (χ1) is 10.5. The van der Waals surface area contributed by atoms with Gasteiger partial charge in [0.15, 0.2) is 0 Å². The van der Waals surface area contributed by atoms with E-state index in [-0.39, 0.29) is 12.5 Å². The fraction of sp³-hybridized carbons (Fsp3) is 0.250. The van der Waals surface area contributed by atoms with Crippen molar-refractivity contribution in [2.45, 2.75) is 13.5 Å². The quantitative estimate of drug-likeness (QED) is 0.872. The van der Waals surface area contributed by atoms with E-state index in [9.17, 15) is 4.79 Å². The van der Waals surface area contributed by atoms with E-state index >= 15 is 0 Å². The lowest BCUT2D eigenvalue weighted by Gasteiger charge is -2.22. The van der Waals surface area contributed by atoms with Gasteiger partial charge in [0.1, 0.15) is 23.8 Å². The molecule has 22 heavy (non-hydrogen) atoms. The Morgan fingerprint density at radius 2 is 2.23 bits per heavy atom. The van der Waals surface area contributed by atoms with Crippen molar-refractivity contribution in [2.24, 2.45) is 0 Å². The Morgan fingerprint density at radius 1 is 1.41 bits per heavy atom. The van der Waals surface area contributed by atoms with Gasteiger partial charge in [-0.2, -0.15) is 0 Å². The van der Waals surface area contributed by atoms with Crippen molar-refractivity contribution < 1.29 is 14.1 Å². The maximum atomic E-state index is 12.5. The van der Waals surface area contributed by atoms with Gasteiger partial charge in [-0.15, -0.1) is 0 Å². The minimum atomic E-state index is -0.105. The molecule has 1 aromatic heterocycles. The number of rotatable bonds is 3. The number of halogens is 1. The minimum absolute atomic E-state index is 0.105. The summed E-state index contributed by atoms with van der Waals surface area (Å²) in [7, 11) is 1.72. The second-order valence-electron chi connectivity index (χ2n) is 5.23. The standard InChI is InChI=1S/C16H15ClN2O3/c1-10-5-14(18-22-10)8-19(2)16(20)12-6-11-7-13(17)3-4-15(11)21-9-12/h3-7H,8-9H2,1-2H3. The van der Waals surface area contributed by atoms with Crippen molar-refractivity contribution in [1.29, 1.82) is 0 Å². The number of aryl methyl sites for hydroxylation is 1. The molecule has 0 radical (unpaired) electrons. The van der Waals surface area contributed by atoms with E-state index in [1.165, 1.54) is 0 Å². The van der Waals surface area contributed by atoms with Gasteiger partial charge in [-0.3, -0.25) is 4.79 Å². The normalized spacial score (nSPS) is 13.1. The Bertz CT molecular complexity index is 752. The van der Waals surface area contributed by atoms with Gasteiger partial charge in [-0.05, 0) is 31.2 Å². The summed E-state index contributed by atoms with van der Waals surface area (Å²) in [6, 6.07) is 7.16. The molecular formula is C16H15ClN2O3. The van der Waals surface area contributed by atoms with Gasteiger partial charge in [0, 0.05) is 23.7 Å². The van der Waals surface area contributed by atoms with Crippen LogP contribution in [-0.2, 0) is 11.3 Å². The lowest BCUT2D eigenvalue weighted by molar-refractivity contribution is -0.126. The molecule has 1 aliphatic rings. The highest BCUT2D eigenvalue weighted by molar-refractivity contribution is 6.30. The highest BCUT2D eigenvalue weighted by Crippen LogP contribution is 2.29. The van der Waals surface area contributed by atoms with E-state index in [4.69, 9.17) is 20.9 Å². The van der Waals surface area contributed by atoms with Gasteiger partial charge in [-0.25, -0.2) is 0 Å². The van der Waals surface area contributed by atoms with Crippen LogP contribution < -0.4 is 4.74 Å². The molecular weight excluding hydrogens is 304 g/mol. The number of aromatic nitrogens is 1. The summed E-state index contributed by atoms with van der Waals surface area (Å²) in [6.07, 6.45) is 1.82. The highest BCUT2D eigenvalue weighted by atomic mass is 35.5. The van der Waals surface area contributed by atoms with E-state index < -0.39 is 0 Å². The molecule has 0 fully saturated rings. The molecule has 0 N–H and O–H groups in total. The van der Waals surface area contributed by atoms with Crippen LogP contribution >= 0.6 is 11.6 Å². The van der Waals surface area contributed by atoms with Crippen LogP contribution in [0.4, 0.5) is 0 Å². The lowest BCUT2D eigenvalue weighted by Crippen LogP contribution is -2.30. The first-order valence-electron chi connectivity index (χ1n) is 6.83. The third kappa shape index (κ3) is 2.99. The van der Waals surface area contributed by atoms with Crippen molar-refractivity contribution in [1.82, 2.24) is 10.1 Å². The summed E-state index contributed by atoms with van der Waals surface area (Å²) < 4.78 is 10.6. The van der Waals surface area contributed by atoms with Crippen LogP contribution in [0, 0.1) is 6.92 Å². The number of likely N-dealkylation sites (N-methyl/N-ethyl adjacent to an activating group) is 1. The topological polar surface area (TPSA) is 55.6 Å². The molecule has 2 aromatic rings. The Balaban J connectivity index is 1.77. The fourth-order valence-electron chi connectivity index (χ4n) is 2.32. The Kier molecular flexibility index (Phi) is 3.90. The predicted molar refractivity (Wildman–Crippen MR) is 82.6 cm³/mol. The van der Waals surface area contributed by atoms with Crippen LogP contribution in [-0.4, -0.2) is 29.6 Å². The van der Waals surface area contributed by atoms with Crippen LogP contribution in [0.1, 0.15) is 17.0 Å². The monoisotopic (exact) mass is 318 g/mol. The molecule has 114 valence electrons. The molecule has 0 atom stereocenters. The van der Waals surface area contributed by atoms with E-state index in [1.54, 1.807) is 30.1 Å². The SMILES string of the molecule is Cc1cc(CN(C)C(=O)C2=Cc3cc(Cl)ccc3OC2)no1. The number of carbonyl (C=O) groups is 1. The van der Waals surface area contributed by atoms with E-state index in [0.29, 0.717) is 22.8 Å².